The summed E-state index contributed by atoms with van der Waals surface area (Å²) in [6.07, 6.45) is 7.89. The number of hydrogen-bond donors (Lipinski definition) is 2. The Hall–Kier alpha value is -4.11. The van der Waals surface area contributed by atoms with E-state index in [1.54, 1.807) is 37.8 Å². The number of nitrogens with zero attached hydrogens (tertiary/aromatic N) is 4. The number of nitrogens with two attached hydrogens (primary N) is 1. The molecule has 3 atom stereocenters. The first-order chi connectivity index (χ1) is 18.7. The van der Waals surface area contributed by atoms with E-state index in [-0.39, 0.29) is 34.3 Å². The fourth-order valence-electron chi connectivity index (χ4n) is 5.65. The van der Waals surface area contributed by atoms with Gasteiger partial charge in [-0.3, -0.25) is 14.8 Å². The summed E-state index contributed by atoms with van der Waals surface area (Å²) >= 11 is 0. The van der Waals surface area contributed by atoms with Crippen molar-refractivity contribution in [3.8, 4) is 5.88 Å². The third kappa shape index (κ3) is 5.40. The van der Waals surface area contributed by atoms with Crippen LogP contribution in [-0.2, 0) is 0 Å². The first-order valence-corrected chi connectivity index (χ1v) is 13.1. The zero-order chi connectivity index (χ0) is 27.7. The number of rotatable bonds is 6. The lowest BCUT2D eigenvalue weighted by Crippen LogP contribution is -2.31. The number of benzene rings is 1. The Morgan fingerprint density at radius 3 is 2.72 bits per heavy atom. The van der Waals surface area contributed by atoms with E-state index >= 15 is 4.39 Å². The smallest absolute Gasteiger partial charge is 0.257 e. The minimum absolute atomic E-state index is 0.130. The molecule has 202 valence electrons. The highest BCUT2D eigenvalue weighted by Gasteiger charge is 2.28. The maximum absolute atomic E-state index is 15.0. The molecule has 1 unspecified atom stereocenters. The zero-order valence-corrected chi connectivity index (χ0v) is 22.6. The number of ether oxygens (including phenoxy) is 1. The van der Waals surface area contributed by atoms with Crippen LogP contribution in [0.2, 0.25) is 0 Å². The Labute approximate surface area is 227 Å². The molecule has 1 amide bonds. The van der Waals surface area contributed by atoms with E-state index in [9.17, 15) is 4.79 Å². The van der Waals surface area contributed by atoms with Crippen LogP contribution in [0.5, 0.6) is 5.88 Å². The number of nitrogens with one attached hydrogen (secondary N) is 1. The van der Waals surface area contributed by atoms with Gasteiger partial charge >= 0.3 is 0 Å². The van der Waals surface area contributed by atoms with Crippen LogP contribution in [0.3, 0.4) is 0 Å². The molecule has 1 aliphatic rings. The summed E-state index contributed by atoms with van der Waals surface area (Å²) < 4.78 is 20.2. The monoisotopic (exact) mass is 528 g/mol. The molecule has 1 saturated carbocycles. The van der Waals surface area contributed by atoms with Crippen LogP contribution < -0.4 is 20.7 Å². The summed E-state index contributed by atoms with van der Waals surface area (Å²) in [4.78, 5) is 28.6. The van der Waals surface area contributed by atoms with E-state index in [2.05, 4.69) is 27.2 Å². The van der Waals surface area contributed by atoms with Crippen molar-refractivity contribution in [3.05, 3.63) is 77.6 Å². The summed E-state index contributed by atoms with van der Waals surface area (Å²) in [7, 11) is 3.42. The highest BCUT2D eigenvalue weighted by molar-refractivity contribution is 6.12. The van der Waals surface area contributed by atoms with Gasteiger partial charge in [-0.1, -0.05) is 6.92 Å². The van der Waals surface area contributed by atoms with Crippen LogP contribution in [0.15, 0.2) is 55.0 Å². The van der Waals surface area contributed by atoms with Crippen molar-refractivity contribution in [1.82, 2.24) is 15.0 Å². The molecule has 3 N–H and O–H groups in total. The molecule has 3 heterocycles. The van der Waals surface area contributed by atoms with Crippen molar-refractivity contribution in [1.29, 1.82) is 0 Å². The zero-order valence-electron chi connectivity index (χ0n) is 22.6. The van der Waals surface area contributed by atoms with Gasteiger partial charge in [-0.25, -0.2) is 9.37 Å². The standard InChI is InChI=1S/C30H33FN6O2/c1-17-11-19(13-20(32)12-17)22-9-10-33-16-26(22)36-30(38)23-5-6-25(31)24-14-21(15-34-29(23)24)37(3)27-7-8-28(39-4)35-18(27)2/h5-10,14-17,19-20H,11-13,32H2,1-4H3,(H,36,38)/t17-,19+,20?/m0/s1. The average molecular weight is 529 g/mol. The maximum atomic E-state index is 15.0. The molecule has 39 heavy (non-hydrogen) atoms. The fourth-order valence-corrected chi connectivity index (χ4v) is 5.65. The van der Waals surface area contributed by atoms with Crippen molar-refractivity contribution in [2.24, 2.45) is 11.7 Å². The van der Waals surface area contributed by atoms with E-state index in [0.717, 1.165) is 36.2 Å². The van der Waals surface area contributed by atoms with Crippen LogP contribution in [0.25, 0.3) is 10.9 Å². The molecule has 0 radical (unpaired) electrons. The number of methoxy groups -OCH3 is 1. The number of aromatic nitrogens is 3. The van der Waals surface area contributed by atoms with E-state index in [0.29, 0.717) is 23.2 Å². The van der Waals surface area contributed by atoms with E-state index in [1.165, 1.54) is 12.1 Å². The van der Waals surface area contributed by atoms with Gasteiger partial charge in [0.15, 0.2) is 0 Å². The molecular formula is C30H33FN6O2. The first-order valence-electron chi connectivity index (χ1n) is 13.1. The van der Waals surface area contributed by atoms with Gasteiger partial charge < -0.3 is 20.7 Å². The molecule has 1 aromatic carbocycles. The SMILES string of the molecule is COc1ccc(N(C)c2cnc3c(C(=O)Nc4cnccc4[C@H]4CC(N)C[C@@H](C)C4)ccc(F)c3c2)c(C)n1. The highest BCUT2D eigenvalue weighted by atomic mass is 19.1. The van der Waals surface area contributed by atoms with Gasteiger partial charge in [-0.15, -0.1) is 0 Å². The lowest BCUT2D eigenvalue weighted by Gasteiger charge is -2.32. The Kier molecular flexibility index (Phi) is 7.43. The number of amides is 1. The minimum atomic E-state index is -0.457. The molecule has 0 spiro atoms. The lowest BCUT2D eigenvalue weighted by molar-refractivity contribution is 0.102. The molecule has 3 aromatic heterocycles. The van der Waals surface area contributed by atoms with Gasteiger partial charge in [0.25, 0.3) is 5.91 Å². The number of halogens is 1. The number of carbonyl (C=O) groups excluding carboxylic acids is 1. The number of fused-ring (bicyclic) bond motifs is 1. The molecule has 1 fully saturated rings. The minimum Gasteiger partial charge on any atom is -0.481 e. The van der Waals surface area contributed by atoms with E-state index in [4.69, 9.17) is 10.5 Å². The molecule has 1 aliphatic carbocycles. The third-order valence-electron chi connectivity index (χ3n) is 7.54. The van der Waals surface area contributed by atoms with Crippen molar-refractivity contribution < 1.29 is 13.9 Å². The second kappa shape index (κ2) is 10.9. The topological polar surface area (TPSA) is 106 Å². The largest absolute Gasteiger partial charge is 0.481 e. The molecule has 8 nitrogen and oxygen atoms in total. The van der Waals surface area contributed by atoms with Crippen LogP contribution in [0, 0.1) is 18.7 Å². The normalized spacial score (nSPS) is 19.1. The quantitative estimate of drug-likeness (QED) is 0.329. The summed E-state index contributed by atoms with van der Waals surface area (Å²) in [6, 6.07) is 10.2. The van der Waals surface area contributed by atoms with Crippen molar-refractivity contribution in [2.75, 3.05) is 24.4 Å². The molecule has 0 aliphatic heterocycles. The second-order valence-corrected chi connectivity index (χ2v) is 10.4. The summed E-state index contributed by atoms with van der Waals surface area (Å²) in [6.45, 7) is 4.08. The second-order valence-electron chi connectivity index (χ2n) is 10.4. The number of anilines is 3. The van der Waals surface area contributed by atoms with Gasteiger partial charge in [0.1, 0.15) is 5.82 Å². The Balaban J connectivity index is 1.45. The summed E-state index contributed by atoms with van der Waals surface area (Å²) in [5, 5.41) is 3.27. The maximum Gasteiger partial charge on any atom is 0.257 e. The average Bonchev–Trinajstić information content (AvgIpc) is 2.92. The lowest BCUT2D eigenvalue weighted by atomic mass is 9.76. The van der Waals surface area contributed by atoms with Gasteiger partial charge in [0.05, 0.1) is 53.3 Å². The fraction of sp³-hybridized carbons (Fsp3) is 0.333. The van der Waals surface area contributed by atoms with Crippen LogP contribution >= 0.6 is 0 Å². The van der Waals surface area contributed by atoms with Crippen LogP contribution in [-0.4, -0.2) is 41.1 Å². The first kappa shape index (κ1) is 26.5. The van der Waals surface area contributed by atoms with Crippen molar-refractivity contribution >= 4 is 33.9 Å². The number of carbonyl (C=O) groups is 1. The molecule has 9 heteroatoms. The van der Waals surface area contributed by atoms with Gasteiger partial charge in [0.2, 0.25) is 5.88 Å². The third-order valence-corrected chi connectivity index (χ3v) is 7.54. The summed E-state index contributed by atoms with van der Waals surface area (Å²) in [5.41, 5.74) is 10.8. The van der Waals surface area contributed by atoms with Crippen LogP contribution in [0.4, 0.5) is 21.5 Å². The number of aryl methyl sites for hydroxylation is 1. The molecular weight excluding hydrogens is 495 g/mol. The van der Waals surface area contributed by atoms with Crippen LogP contribution in [0.1, 0.15) is 53.7 Å². The number of pyridine rings is 3. The summed E-state index contributed by atoms with van der Waals surface area (Å²) in [5.74, 6) is 0.428. The van der Waals surface area contributed by atoms with Gasteiger partial charge in [0, 0.05) is 30.7 Å². The molecule has 4 aromatic rings. The molecule has 0 saturated heterocycles. The molecule has 0 bridgehead atoms. The highest BCUT2D eigenvalue weighted by Crippen LogP contribution is 2.38. The number of hydrogen-bond acceptors (Lipinski definition) is 7. The van der Waals surface area contributed by atoms with Crippen molar-refractivity contribution in [2.45, 2.75) is 45.1 Å². The predicted octanol–water partition coefficient (Wildman–Crippen LogP) is 5.73. The predicted molar refractivity (Wildman–Crippen MR) is 151 cm³/mol. The van der Waals surface area contributed by atoms with Crippen molar-refractivity contribution in [3.63, 3.8) is 0 Å². The Morgan fingerprint density at radius 1 is 1.15 bits per heavy atom. The van der Waals surface area contributed by atoms with E-state index in [1.807, 2.05) is 31.0 Å². The Morgan fingerprint density at radius 2 is 1.97 bits per heavy atom. The van der Waals surface area contributed by atoms with E-state index < -0.39 is 5.82 Å². The molecule has 5 rings (SSSR count). The Bertz CT molecular complexity index is 1520. The van der Waals surface area contributed by atoms with Gasteiger partial charge in [-0.05, 0) is 73.9 Å². The van der Waals surface area contributed by atoms with Gasteiger partial charge in [-0.2, -0.15) is 0 Å².